The summed E-state index contributed by atoms with van der Waals surface area (Å²) in [6.45, 7) is -0.128. The fourth-order valence-corrected chi connectivity index (χ4v) is 1.01. The average Bonchev–Trinajstić information content (AvgIpc) is 2.10. The summed E-state index contributed by atoms with van der Waals surface area (Å²) in [5.74, 6) is -0.397. The van der Waals surface area contributed by atoms with E-state index in [0.29, 0.717) is 5.56 Å². The van der Waals surface area contributed by atoms with Gasteiger partial charge in [0.15, 0.2) is 0 Å². The van der Waals surface area contributed by atoms with E-state index in [0.717, 1.165) is 6.20 Å². The molecule has 1 rings (SSSR count). The van der Waals surface area contributed by atoms with Crippen LogP contribution in [0.2, 0.25) is 0 Å². The predicted octanol–water partition coefficient (Wildman–Crippen LogP) is 0.474. The highest BCUT2D eigenvalue weighted by atomic mass is 19.1. The maximum absolute atomic E-state index is 13.0. The Labute approximate surface area is 70.3 Å². The fourth-order valence-electron chi connectivity index (χ4n) is 1.01. The number of aliphatic hydroxyl groups is 1. The third-order valence-corrected chi connectivity index (χ3v) is 1.71. The summed E-state index contributed by atoms with van der Waals surface area (Å²) in [5.41, 5.74) is 0.440. The van der Waals surface area contributed by atoms with Crippen LogP contribution in [0, 0.1) is 5.82 Å². The van der Waals surface area contributed by atoms with Gasteiger partial charge in [0.25, 0.3) is 0 Å². The van der Waals surface area contributed by atoms with Crippen LogP contribution in [0.15, 0.2) is 18.5 Å². The molecular weight excluding hydrogens is 159 g/mol. The van der Waals surface area contributed by atoms with E-state index in [1.165, 1.54) is 6.20 Å². The Morgan fingerprint density at radius 3 is 3.00 bits per heavy atom. The highest BCUT2D eigenvalue weighted by Crippen LogP contribution is 2.13. The maximum Gasteiger partial charge on any atom is 0.146 e. The van der Waals surface area contributed by atoms with Gasteiger partial charge in [-0.3, -0.25) is 4.98 Å². The number of likely N-dealkylation sites (N-methyl/N-ethyl adjacent to an activating group) is 1. The minimum atomic E-state index is -0.397. The number of hydrogen-bond donors (Lipinski definition) is 2. The molecule has 0 bridgehead atoms. The van der Waals surface area contributed by atoms with Crippen molar-refractivity contribution in [3.8, 4) is 0 Å². The number of aromatic nitrogens is 1. The summed E-state index contributed by atoms with van der Waals surface area (Å²) >= 11 is 0. The number of rotatable bonds is 3. The molecule has 66 valence electrons. The van der Waals surface area contributed by atoms with E-state index in [2.05, 4.69) is 10.3 Å². The molecule has 1 heterocycles. The number of nitrogens with one attached hydrogen (secondary N) is 1. The number of halogens is 1. The quantitative estimate of drug-likeness (QED) is 0.693. The van der Waals surface area contributed by atoms with E-state index in [1.54, 1.807) is 13.1 Å². The minimum Gasteiger partial charge on any atom is -0.394 e. The molecule has 0 aromatic carbocycles. The van der Waals surface area contributed by atoms with Crippen molar-refractivity contribution in [2.24, 2.45) is 0 Å². The molecule has 1 aromatic rings. The van der Waals surface area contributed by atoms with Crippen LogP contribution in [0.3, 0.4) is 0 Å². The Balaban J connectivity index is 2.92. The maximum atomic E-state index is 13.0. The first kappa shape index (κ1) is 9.09. The summed E-state index contributed by atoms with van der Waals surface area (Å²) in [6, 6.07) is 1.19. The van der Waals surface area contributed by atoms with Gasteiger partial charge in [0.2, 0.25) is 0 Å². The number of pyridine rings is 1. The topological polar surface area (TPSA) is 45.1 Å². The Bertz CT molecular complexity index is 251. The third kappa shape index (κ3) is 1.78. The summed E-state index contributed by atoms with van der Waals surface area (Å²) < 4.78 is 13.0. The summed E-state index contributed by atoms with van der Waals surface area (Å²) in [7, 11) is 1.67. The van der Waals surface area contributed by atoms with Crippen molar-refractivity contribution in [2.75, 3.05) is 13.7 Å². The molecule has 0 spiro atoms. The average molecular weight is 170 g/mol. The molecule has 3 nitrogen and oxygen atoms in total. The van der Waals surface area contributed by atoms with E-state index >= 15 is 0 Å². The van der Waals surface area contributed by atoms with E-state index in [1.807, 2.05) is 0 Å². The second kappa shape index (κ2) is 4.13. The molecule has 0 aliphatic rings. The lowest BCUT2D eigenvalue weighted by atomic mass is 10.1. The molecule has 0 radical (unpaired) electrons. The second-order valence-corrected chi connectivity index (χ2v) is 2.42. The number of hydrogen-bond acceptors (Lipinski definition) is 3. The van der Waals surface area contributed by atoms with Crippen LogP contribution in [0.25, 0.3) is 0 Å². The Hall–Kier alpha value is -1.00. The molecule has 0 saturated heterocycles. The molecule has 0 amide bonds. The van der Waals surface area contributed by atoms with Crippen LogP contribution in [0.5, 0.6) is 0 Å². The van der Waals surface area contributed by atoms with Crippen molar-refractivity contribution >= 4 is 0 Å². The summed E-state index contributed by atoms with van der Waals surface area (Å²) in [6.07, 6.45) is 2.63. The lowest BCUT2D eigenvalue weighted by Crippen LogP contribution is -2.21. The Morgan fingerprint density at radius 2 is 2.50 bits per heavy atom. The zero-order valence-electron chi connectivity index (χ0n) is 6.79. The van der Waals surface area contributed by atoms with E-state index in [-0.39, 0.29) is 12.6 Å². The first-order valence-electron chi connectivity index (χ1n) is 3.67. The van der Waals surface area contributed by atoms with E-state index in [9.17, 15) is 4.39 Å². The monoisotopic (exact) mass is 170 g/mol. The first-order valence-corrected chi connectivity index (χ1v) is 3.67. The lowest BCUT2D eigenvalue weighted by molar-refractivity contribution is 0.248. The highest BCUT2D eigenvalue weighted by molar-refractivity contribution is 5.17. The zero-order chi connectivity index (χ0) is 8.97. The zero-order valence-corrected chi connectivity index (χ0v) is 6.79. The molecule has 0 saturated carbocycles. The van der Waals surface area contributed by atoms with Crippen molar-refractivity contribution in [3.05, 3.63) is 29.8 Å². The molecule has 12 heavy (non-hydrogen) atoms. The van der Waals surface area contributed by atoms with Gasteiger partial charge in [0, 0.05) is 11.8 Å². The molecule has 0 unspecified atom stereocenters. The molecule has 0 aliphatic carbocycles. The first-order chi connectivity index (χ1) is 5.79. The molecular formula is C8H11FN2O. The molecule has 0 fully saturated rings. The van der Waals surface area contributed by atoms with Gasteiger partial charge in [0.1, 0.15) is 5.82 Å². The van der Waals surface area contributed by atoms with Gasteiger partial charge in [-0.1, -0.05) is 0 Å². The van der Waals surface area contributed by atoms with Crippen LogP contribution < -0.4 is 5.32 Å². The van der Waals surface area contributed by atoms with E-state index < -0.39 is 5.82 Å². The number of aliphatic hydroxyl groups excluding tert-OH is 1. The molecule has 4 heteroatoms. The standard InChI is InChI=1S/C8H11FN2O/c1-10-8(5-12)6-2-3-11-4-7(6)9/h2-4,8,10,12H,5H2,1H3/t8-/m1/s1. The van der Waals surface area contributed by atoms with Gasteiger partial charge in [-0.15, -0.1) is 0 Å². The third-order valence-electron chi connectivity index (χ3n) is 1.71. The minimum absolute atomic E-state index is 0.128. The van der Waals surface area contributed by atoms with Crippen LogP contribution in [0.4, 0.5) is 4.39 Å². The second-order valence-electron chi connectivity index (χ2n) is 2.42. The van der Waals surface area contributed by atoms with Crippen molar-refractivity contribution in [2.45, 2.75) is 6.04 Å². The van der Waals surface area contributed by atoms with Gasteiger partial charge >= 0.3 is 0 Å². The summed E-state index contributed by atoms with van der Waals surface area (Å²) in [4.78, 5) is 3.61. The van der Waals surface area contributed by atoms with Gasteiger partial charge < -0.3 is 10.4 Å². The predicted molar refractivity (Wildman–Crippen MR) is 43.1 cm³/mol. The normalized spacial score (nSPS) is 12.9. The molecule has 0 aliphatic heterocycles. The molecule has 2 N–H and O–H groups in total. The highest BCUT2D eigenvalue weighted by Gasteiger charge is 2.11. The van der Waals surface area contributed by atoms with Crippen molar-refractivity contribution < 1.29 is 9.50 Å². The fraction of sp³-hybridized carbons (Fsp3) is 0.375. The van der Waals surface area contributed by atoms with Gasteiger partial charge in [-0.05, 0) is 13.1 Å². The molecule has 1 aromatic heterocycles. The Morgan fingerprint density at radius 1 is 1.75 bits per heavy atom. The smallest absolute Gasteiger partial charge is 0.146 e. The van der Waals surface area contributed by atoms with Gasteiger partial charge in [-0.25, -0.2) is 4.39 Å². The Kier molecular flexibility index (Phi) is 3.13. The van der Waals surface area contributed by atoms with Gasteiger partial charge in [0.05, 0.1) is 18.8 Å². The largest absolute Gasteiger partial charge is 0.394 e. The van der Waals surface area contributed by atoms with Crippen molar-refractivity contribution in [1.29, 1.82) is 0 Å². The van der Waals surface area contributed by atoms with Crippen LogP contribution in [-0.2, 0) is 0 Å². The lowest BCUT2D eigenvalue weighted by Gasteiger charge is -2.13. The van der Waals surface area contributed by atoms with Crippen LogP contribution in [-0.4, -0.2) is 23.7 Å². The SMILES string of the molecule is CN[C@H](CO)c1ccncc1F. The van der Waals surface area contributed by atoms with Crippen LogP contribution in [0.1, 0.15) is 11.6 Å². The summed E-state index contributed by atoms with van der Waals surface area (Å²) in [5, 5.41) is 11.6. The van der Waals surface area contributed by atoms with E-state index in [4.69, 9.17) is 5.11 Å². The van der Waals surface area contributed by atoms with Crippen LogP contribution >= 0.6 is 0 Å². The number of nitrogens with zero attached hydrogens (tertiary/aromatic N) is 1. The van der Waals surface area contributed by atoms with Gasteiger partial charge in [-0.2, -0.15) is 0 Å². The van der Waals surface area contributed by atoms with Crippen molar-refractivity contribution in [1.82, 2.24) is 10.3 Å². The van der Waals surface area contributed by atoms with Crippen molar-refractivity contribution in [3.63, 3.8) is 0 Å². The molecule has 1 atom stereocenters.